The highest BCUT2D eigenvalue weighted by Crippen LogP contribution is 2.23. The van der Waals surface area contributed by atoms with Gasteiger partial charge in [0.1, 0.15) is 5.15 Å². The molecular formula is C15H16Cl2N2O2. The third kappa shape index (κ3) is 3.06. The Kier molecular flexibility index (Phi) is 5.26. The van der Waals surface area contributed by atoms with Gasteiger partial charge in [-0.15, -0.1) is 11.6 Å². The number of aromatic nitrogens is 2. The predicted octanol–water partition coefficient (Wildman–Crippen LogP) is 2.98. The van der Waals surface area contributed by atoms with Crippen molar-refractivity contribution in [2.45, 2.75) is 26.4 Å². The van der Waals surface area contributed by atoms with E-state index in [1.54, 1.807) is 12.1 Å². The summed E-state index contributed by atoms with van der Waals surface area (Å²) in [5.41, 5.74) is 0.271. The van der Waals surface area contributed by atoms with Crippen LogP contribution in [0.2, 0.25) is 5.15 Å². The predicted molar refractivity (Wildman–Crippen MR) is 86.4 cm³/mol. The zero-order valence-corrected chi connectivity index (χ0v) is 13.2. The summed E-state index contributed by atoms with van der Waals surface area (Å²) < 4.78 is 2.58. The van der Waals surface area contributed by atoms with Crippen molar-refractivity contribution in [1.82, 2.24) is 9.13 Å². The van der Waals surface area contributed by atoms with Gasteiger partial charge in [-0.3, -0.25) is 13.9 Å². The Balaban J connectivity index is 2.81. The number of hydrogen-bond acceptors (Lipinski definition) is 2. The second-order valence-electron chi connectivity index (χ2n) is 4.61. The molecule has 0 aliphatic rings. The first kappa shape index (κ1) is 15.9. The van der Waals surface area contributed by atoms with E-state index < -0.39 is 5.69 Å². The quantitative estimate of drug-likeness (QED) is 0.626. The molecule has 4 nitrogen and oxygen atoms in total. The van der Waals surface area contributed by atoms with E-state index in [9.17, 15) is 9.59 Å². The summed E-state index contributed by atoms with van der Waals surface area (Å²) >= 11 is 12.0. The lowest BCUT2D eigenvalue weighted by molar-refractivity contribution is 0.562. The lowest BCUT2D eigenvalue weighted by atomic mass is 10.1. The van der Waals surface area contributed by atoms with Crippen LogP contribution in [0.3, 0.4) is 0 Å². The first-order valence-electron chi connectivity index (χ1n) is 6.76. The summed E-state index contributed by atoms with van der Waals surface area (Å²) in [7, 11) is 0. The minimum absolute atomic E-state index is 0.143. The molecule has 0 fully saturated rings. The Hall–Kier alpha value is -1.52. The van der Waals surface area contributed by atoms with Crippen LogP contribution < -0.4 is 11.2 Å². The van der Waals surface area contributed by atoms with Gasteiger partial charge in [0.15, 0.2) is 0 Å². The van der Waals surface area contributed by atoms with Crippen LogP contribution in [-0.4, -0.2) is 15.0 Å². The van der Waals surface area contributed by atoms with Crippen LogP contribution in [0.4, 0.5) is 0 Å². The van der Waals surface area contributed by atoms with E-state index in [4.69, 9.17) is 23.2 Å². The number of benzene rings is 1. The summed E-state index contributed by atoms with van der Waals surface area (Å²) in [4.78, 5) is 24.9. The van der Waals surface area contributed by atoms with Crippen molar-refractivity contribution < 1.29 is 0 Å². The number of alkyl halides is 1. The molecule has 0 saturated carbocycles. The van der Waals surface area contributed by atoms with E-state index in [-0.39, 0.29) is 23.1 Å². The summed E-state index contributed by atoms with van der Waals surface area (Å²) in [5.74, 6) is 0.248. The fourth-order valence-electron chi connectivity index (χ4n) is 2.22. The van der Waals surface area contributed by atoms with Gasteiger partial charge in [0.05, 0.1) is 5.56 Å². The fourth-order valence-corrected chi connectivity index (χ4v) is 2.74. The van der Waals surface area contributed by atoms with Gasteiger partial charge in [-0.05, 0) is 12.0 Å². The standard InChI is InChI=1S/C15H16Cl2N2O2/c1-2-9-19-14(20)12(11-6-4-3-5-7-11)13(17)18(10-8-16)15(19)21/h3-7H,2,8-10H2,1H3. The molecule has 112 valence electrons. The van der Waals surface area contributed by atoms with Gasteiger partial charge in [-0.2, -0.15) is 0 Å². The molecule has 0 aliphatic carbocycles. The van der Waals surface area contributed by atoms with E-state index >= 15 is 0 Å². The van der Waals surface area contributed by atoms with Crippen molar-refractivity contribution in [1.29, 1.82) is 0 Å². The van der Waals surface area contributed by atoms with E-state index in [1.165, 1.54) is 9.13 Å². The molecule has 1 heterocycles. The Labute approximate surface area is 132 Å². The zero-order chi connectivity index (χ0) is 15.4. The van der Waals surface area contributed by atoms with E-state index in [0.717, 1.165) is 0 Å². The maximum absolute atomic E-state index is 12.6. The lowest BCUT2D eigenvalue weighted by Crippen LogP contribution is -2.41. The average molecular weight is 327 g/mol. The van der Waals surface area contributed by atoms with Gasteiger partial charge in [-0.1, -0.05) is 48.9 Å². The van der Waals surface area contributed by atoms with Crippen molar-refractivity contribution in [2.75, 3.05) is 5.88 Å². The number of nitrogens with zero attached hydrogens (tertiary/aromatic N) is 2. The van der Waals surface area contributed by atoms with Crippen LogP contribution >= 0.6 is 23.2 Å². The molecule has 2 aromatic rings. The summed E-state index contributed by atoms with van der Waals surface area (Å²) in [6.45, 7) is 2.54. The summed E-state index contributed by atoms with van der Waals surface area (Å²) in [5, 5.41) is 0.143. The second-order valence-corrected chi connectivity index (χ2v) is 5.35. The topological polar surface area (TPSA) is 44.0 Å². The molecule has 1 aromatic heterocycles. The van der Waals surface area contributed by atoms with Crippen molar-refractivity contribution in [3.63, 3.8) is 0 Å². The maximum Gasteiger partial charge on any atom is 0.332 e. The Morgan fingerprint density at radius 2 is 1.71 bits per heavy atom. The molecule has 0 unspecified atom stereocenters. The first-order chi connectivity index (χ1) is 10.1. The van der Waals surface area contributed by atoms with E-state index in [2.05, 4.69) is 0 Å². The normalized spacial score (nSPS) is 10.8. The van der Waals surface area contributed by atoms with Gasteiger partial charge in [-0.25, -0.2) is 4.79 Å². The van der Waals surface area contributed by atoms with Crippen LogP contribution in [0.25, 0.3) is 11.1 Å². The highest BCUT2D eigenvalue weighted by molar-refractivity contribution is 6.32. The monoisotopic (exact) mass is 326 g/mol. The molecule has 0 N–H and O–H groups in total. The molecule has 1 aromatic carbocycles. The molecule has 0 aliphatic heterocycles. The molecule has 0 spiro atoms. The van der Waals surface area contributed by atoms with Gasteiger partial charge in [0, 0.05) is 19.0 Å². The highest BCUT2D eigenvalue weighted by Gasteiger charge is 2.18. The van der Waals surface area contributed by atoms with Crippen LogP contribution in [-0.2, 0) is 13.1 Å². The molecule has 0 amide bonds. The lowest BCUT2D eigenvalue weighted by Gasteiger charge is -2.15. The van der Waals surface area contributed by atoms with Crippen LogP contribution in [0.1, 0.15) is 13.3 Å². The minimum atomic E-state index is -0.410. The Bertz CT molecular complexity index is 736. The van der Waals surface area contributed by atoms with Crippen LogP contribution in [0.15, 0.2) is 39.9 Å². The molecule has 6 heteroatoms. The number of hydrogen-bond donors (Lipinski definition) is 0. The zero-order valence-electron chi connectivity index (χ0n) is 11.7. The smallest absolute Gasteiger partial charge is 0.282 e. The van der Waals surface area contributed by atoms with Gasteiger partial charge >= 0.3 is 5.69 Å². The minimum Gasteiger partial charge on any atom is -0.282 e. The average Bonchev–Trinajstić information content (AvgIpc) is 2.49. The first-order valence-corrected chi connectivity index (χ1v) is 7.67. The maximum atomic E-state index is 12.6. The summed E-state index contributed by atoms with van der Waals surface area (Å²) in [6, 6.07) is 9.11. The van der Waals surface area contributed by atoms with Crippen molar-refractivity contribution in [2.24, 2.45) is 0 Å². The van der Waals surface area contributed by atoms with Gasteiger partial charge in [0.25, 0.3) is 5.56 Å². The SMILES string of the molecule is CCCn1c(=O)c(-c2ccccc2)c(Cl)n(CCCl)c1=O. The molecule has 2 rings (SSSR count). The highest BCUT2D eigenvalue weighted by atomic mass is 35.5. The third-order valence-electron chi connectivity index (χ3n) is 3.18. The van der Waals surface area contributed by atoms with E-state index in [1.807, 2.05) is 25.1 Å². The Morgan fingerprint density at radius 1 is 1.05 bits per heavy atom. The third-order valence-corrected chi connectivity index (χ3v) is 3.74. The molecule has 21 heavy (non-hydrogen) atoms. The Morgan fingerprint density at radius 3 is 2.29 bits per heavy atom. The summed E-state index contributed by atoms with van der Waals surface area (Å²) in [6.07, 6.45) is 0.686. The van der Waals surface area contributed by atoms with Crippen LogP contribution in [0, 0.1) is 0 Å². The molecule has 0 bridgehead atoms. The fraction of sp³-hybridized carbons (Fsp3) is 0.333. The van der Waals surface area contributed by atoms with Gasteiger partial charge < -0.3 is 0 Å². The van der Waals surface area contributed by atoms with Gasteiger partial charge in [0.2, 0.25) is 0 Å². The second kappa shape index (κ2) is 6.96. The van der Waals surface area contributed by atoms with Crippen molar-refractivity contribution in [3.8, 4) is 11.1 Å². The molecule has 0 radical (unpaired) electrons. The number of rotatable bonds is 5. The molecule has 0 atom stereocenters. The molecular weight excluding hydrogens is 311 g/mol. The van der Waals surface area contributed by atoms with Crippen molar-refractivity contribution >= 4 is 23.2 Å². The van der Waals surface area contributed by atoms with Crippen molar-refractivity contribution in [3.05, 3.63) is 56.3 Å². The molecule has 0 saturated heterocycles. The van der Waals surface area contributed by atoms with E-state index in [0.29, 0.717) is 24.1 Å². The number of halogens is 2. The van der Waals surface area contributed by atoms with Crippen LogP contribution in [0.5, 0.6) is 0 Å². The largest absolute Gasteiger partial charge is 0.332 e.